The Morgan fingerprint density at radius 1 is 1.09 bits per heavy atom. The van der Waals surface area contributed by atoms with Gasteiger partial charge in [-0.3, -0.25) is 4.90 Å². The van der Waals surface area contributed by atoms with Crippen molar-refractivity contribution < 1.29 is 28.6 Å². The summed E-state index contributed by atoms with van der Waals surface area (Å²) < 4.78 is 17.1. The highest BCUT2D eigenvalue weighted by Gasteiger charge is 2.45. The van der Waals surface area contributed by atoms with Crippen molar-refractivity contribution >= 4 is 36.8 Å². The van der Waals surface area contributed by atoms with E-state index in [0.717, 1.165) is 0 Å². The molecule has 0 spiro atoms. The van der Waals surface area contributed by atoms with Crippen molar-refractivity contribution in [2.24, 2.45) is 0 Å². The summed E-state index contributed by atoms with van der Waals surface area (Å²) in [6, 6.07) is 0. The number of aliphatic hydroxyl groups is 1. The fourth-order valence-corrected chi connectivity index (χ4v) is 11.0. The Labute approximate surface area is 210 Å². The quantitative estimate of drug-likeness (QED) is 0.294. The van der Waals surface area contributed by atoms with Gasteiger partial charge in [-0.25, -0.2) is 14.6 Å². The van der Waals surface area contributed by atoms with Gasteiger partial charge in [0.15, 0.2) is 19.1 Å². The van der Waals surface area contributed by atoms with Gasteiger partial charge in [-0.2, -0.15) is 0 Å². The predicted octanol–water partition coefficient (Wildman–Crippen LogP) is 5.79. The van der Waals surface area contributed by atoms with Crippen molar-refractivity contribution in [1.82, 2.24) is 4.98 Å². The highest BCUT2D eigenvalue weighted by atomic mass is 32.1. The molecule has 0 aliphatic heterocycles. The molecule has 0 radical (unpaired) electrons. The van der Waals surface area contributed by atoms with Crippen molar-refractivity contribution in [3.05, 3.63) is 10.6 Å². The monoisotopic (exact) mass is 516 g/mol. The number of carbonyl (C=O) groups is 2. The van der Waals surface area contributed by atoms with Gasteiger partial charge in [-0.05, 0) is 44.3 Å². The van der Waals surface area contributed by atoms with Gasteiger partial charge < -0.3 is 19.0 Å². The van der Waals surface area contributed by atoms with Crippen LogP contribution in [0.4, 0.5) is 9.93 Å². The number of amides is 1. The molecule has 0 bridgehead atoms. The summed E-state index contributed by atoms with van der Waals surface area (Å²) >= 11 is 1.17. The third kappa shape index (κ3) is 7.76. The van der Waals surface area contributed by atoms with Gasteiger partial charge in [0.05, 0.1) is 19.3 Å². The van der Waals surface area contributed by atoms with E-state index >= 15 is 0 Å². The molecule has 0 aromatic carbocycles. The molecule has 196 valence electrons. The zero-order chi connectivity index (χ0) is 26.4. The number of anilines is 1. The van der Waals surface area contributed by atoms with Crippen molar-refractivity contribution in [1.29, 1.82) is 0 Å². The van der Waals surface area contributed by atoms with E-state index < -0.39 is 32.1 Å². The second-order valence-electron chi connectivity index (χ2n) is 10.5. The van der Waals surface area contributed by atoms with E-state index in [1.807, 2.05) is 0 Å². The summed E-state index contributed by atoms with van der Waals surface area (Å²) in [6.45, 7) is 20.6. The summed E-state index contributed by atoms with van der Waals surface area (Å²) in [5, 5.41) is 11.2. The van der Waals surface area contributed by atoms with E-state index in [0.29, 0.717) is 26.6 Å². The molecule has 1 heterocycles. The van der Waals surface area contributed by atoms with E-state index in [9.17, 15) is 14.7 Å². The molecule has 34 heavy (non-hydrogen) atoms. The number of rotatable bonds is 11. The number of esters is 1. The Balaban J connectivity index is 3.14. The van der Waals surface area contributed by atoms with Crippen LogP contribution >= 0.6 is 11.3 Å². The number of ether oxygens (including phenoxy) is 2. The van der Waals surface area contributed by atoms with Gasteiger partial charge in [0.2, 0.25) is 0 Å². The number of aromatic nitrogens is 1. The van der Waals surface area contributed by atoms with Gasteiger partial charge >= 0.3 is 12.1 Å². The molecular weight excluding hydrogens is 472 g/mol. The lowest BCUT2D eigenvalue weighted by molar-refractivity contribution is 0.0513. The number of carbonyl (C=O) groups excluding carboxylic acids is 2. The standard InChI is InChI=1S/C24H44N2O6SSi/c1-12-30-21(28)20-19(33-22(25-20)26(11)23(29)32-24(8,9)10)13-18(27)14-31-34(15(2)3,16(4)5)17(6)7/h15-18,27H,12-14H2,1-11H3. The number of nitrogens with zero attached hydrogens (tertiary/aromatic N) is 2. The van der Waals surface area contributed by atoms with Crippen molar-refractivity contribution in [3.8, 4) is 0 Å². The second kappa shape index (κ2) is 12.5. The highest BCUT2D eigenvalue weighted by Crippen LogP contribution is 2.42. The van der Waals surface area contributed by atoms with Crippen molar-refractivity contribution in [2.45, 2.75) is 104 Å². The molecule has 0 aliphatic carbocycles. The summed E-state index contributed by atoms with van der Waals surface area (Å²) in [6.07, 6.45) is -1.22. The van der Waals surface area contributed by atoms with Gasteiger partial charge in [0.1, 0.15) is 5.60 Å². The zero-order valence-electron chi connectivity index (χ0n) is 22.7. The van der Waals surface area contributed by atoms with E-state index in [-0.39, 0.29) is 25.3 Å². The molecule has 1 aromatic rings. The number of thiazole rings is 1. The summed E-state index contributed by atoms with van der Waals surface area (Å²) in [7, 11) is -0.599. The highest BCUT2D eigenvalue weighted by molar-refractivity contribution is 7.16. The molecule has 8 nitrogen and oxygen atoms in total. The van der Waals surface area contributed by atoms with E-state index in [4.69, 9.17) is 13.9 Å². The van der Waals surface area contributed by atoms with Gasteiger partial charge in [0.25, 0.3) is 0 Å². The maximum Gasteiger partial charge on any atom is 0.416 e. The normalized spacial score (nSPS) is 13.5. The molecule has 0 saturated carbocycles. The largest absolute Gasteiger partial charge is 0.461 e. The summed E-state index contributed by atoms with van der Waals surface area (Å²) in [5.74, 6) is -0.582. The van der Waals surface area contributed by atoms with Crippen LogP contribution in [0.1, 0.15) is 84.6 Å². The minimum atomic E-state index is -2.14. The first-order valence-corrected chi connectivity index (χ1v) is 15.0. The van der Waals surface area contributed by atoms with Crippen LogP contribution in [0.3, 0.4) is 0 Å². The van der Waals surface area contributed by atoms with Crippen LogP contribution in [0, 0.1) is 0 Å². The molecule has 1 atom stereocenters. The molecule has 1 rings (SSSR count). The Morgan fingerprint density at radius 2 is 1.62 bits per heavy atom. The molecule has 1 N–H and O–H groups in total. The van der Waals surface area contributed by atoms with Crippen LogP contribution in [0.5, 0.6) is 0 Å². The smallest absolute Gasteiger partial charge is 0.416 e. The molecular formula is C24H44N2O6SSi. The Morgan fingerprint density at radius 3 is 2.06 bits per heavy atom. The van der Waals surface area contributed by atoms with E-state index in [1.54, 1.807) is 34.7 Å². The second-order valence-corrected chi connectivity index (χ2v) is 17.0. The molecule has 0 saturated heterocycles. The fourth-order valence-electron chi connectivity index (χ4n) is 4.40. The summed E-state index contributed by atoms with van der Waals surface area (Å²) in [4.78, 5) is 31.2. The molecule has 0 fully saturated rings. The van der Waals surface area contributed by atoms with Crippen LogP contribution in [0.15, 0.2) is 0 Å². The first-order chi connectivity index (χ1) is 15.6. The van der Waals surface area contributed by atoms with Crippen LogP contribution in [0.2, 0.25) is 16.6 Å². The maximum absolute atomic E-state index is 12.5. The van der Waals surface area contributed by atoms with Gasteiger partial charge in [0, 0.05) is 18.3 Å². The molecule has 1 amide bonds. The average Bonchev–Trinajstić information content (AvgIpc) is 3.09. The first kappa shape index (κ1) is 30.5. The first-order valence-electron chi connectivity index (χ1n) is 12.0. The number of hydrogen-bond acceptors (Lipinski definition) is 8. The third-order valence-corrected chi connectivity index (χ3v) is 13.0. The Hall–Kier alpha value is -1.49. The van der Waals surface area contributed by atoms with Gasteiger partial charge in [-0.15, -0.1) is 11.3 Å². The molecule has 0 aliphatic rings. The molecule has 1 unspecified atom stereocenters. The van der Waals surface area contributed by atoms with Crippen LogP contribution in [-0.4, -0.2) is 62.4 Å². The predicted molar refractivity (Wildman–Crippen MR) is 139 cm³/mol. The lowest BCUT2D eigenvalue weighted by Gasteiger charge is -2.42. The van der Waals surface area contributed by atoms with Crippen LogP contribution < -0.4 is 4.90 Å². The van der Waals surface area contributed by atoms with E-state index in [2.05, 4.69) is 46.5 Å². The molecule has 10 heteroatoms. The van der Waals surface area contributed by atoms with Crippen LogP contribution in [-0.2, 0) is 20.3 Å². The van der Waals surface area contributed by atoms with E-state index in [1.165, 1.54) is 16.2 Å². The van der Waals surface area contributed by atoms with Gasteiger partial charge in [-0.1, -0.05) is 41.5 Å². The Bertz CT molecular complexity index is 797. The van der Waals surface area contributed by atoms with Crippen molar-refractivity contribution in [2.75, 3.05) is 25.2 Å². The minimum absolute atomic E-state index is 0.108. The fraction of sp³-hybridized carbons (Fsp3) is 0.792. The summed E-state index contributed by atoms with van der Waals surface area (Å²) in [5.41, 5.74) is 0.631. The number of hydrogen-bond donors (Lipinski definition) is 1. The zero-order valence-corrected chi connectivity index (χ0v) is 24.5. The lowest BCUT2D eigenvalue weighted by Crippen LogP contribution is -2.49. The lowest BCUT2D eigenvalue weighted by atomic mass is 10.2. The minimum Gasteiger partial charge on any atom is -0.461 e. The van der Waals surface area contributed by atoms with Crippen molar-refractivity contribution in [3.63, 3.8) is 0 Å². The topological polar surface area (TPSA) is 98.2 Å². The number of aliphatic hydroxyl groups excluding tert-OH is 1. The maximum atomic E-state index is 12.5. The van der Waals surface area contributed by atoms with Crippen LogP contribution in [0.25, 0.3) is 0 Å². The Kier molecular flexibility index (Phi) is 11.2. The average molecular weight is 517 g/mol. The molecule has 1 aromatic heterocycles. The SMILES string of the molecule is CCOC(=O)c1nc(N(C)C(=O)OC(C)(C)C)sc1CC(O)CO[Si](C(C)C)(C(C)C)C(C)C. The third-order valence-electron chi connectivity index (χ3n) is 5.76.